The molecular weight excluding hydrogens is 248 g/mol. The van der Waals surface area contributed by atoms with Gasteiger partial charge in [0.15, 0.2) is 0 Å². The molecule has 1 aliphatic rings. The zero-order valence-corrected chi connectivity index (χ0v) is 11.2. The van der Waals surface area contributed by atoms with E-state index in [-0.39, 0.29) is 5.41 Å². The van der Waals surface area contributed by atoms with E-state index in [1.165, 1.54) is 0 Å². The number of benzene rings is 1. The SMILES string of the molecule is N#CC1(c2ccccc2)CC(NCc2ccncn2)C1. The van der Waals surface area contributed by atoms with E-state index in [1.807, 2.05) is 36.4 Å². The van der Waals surface area contributed by atoms with E-state index >= 15 is 0 Å². The summed E-state index contributed by atoms with van der Waals surface area (Å²) in [7, 11) is 0. The Morgan fingerprint density at radius 2 is 2.05 bits per heavy atom. The van der Waals surface area contributed by atoms with Crippen molar-refractivity contribution in [3.8, 4) is 6.07 Å². The first-order valence-corrected chi connectivity index (χ1v) is 6.77. The van der Waals surface area contributed by atoms with Crippen LogP contribution in [0.25, 0.3) is 0 Å². The van der Waals surface area contributed by atoms with Crippen LogP contribution in [0.3, 0.4) is 0 Å². The van der Waals surface area contributed by atoms with Gasteiger partial charge in [0.25, 0.3) is 0 Å². The summed E-state index contributed by atoms with van der Waals surface area (Å²) in [5, 5.41) is 12.9. The van der Waals surface area contributed by atoms with Crippen molar-refractivity contribution in [2.75, 3.05) is 0 Å². The fourth-order valence-electron chi connectivity index (χ4n) is 2.75. The fourth-order valence-corrected chi connectivity index (χ4v) is 2.75. The minimum atomic E-state index is -0.315. The van der Waals surface area contributed by atoms with E-state index in [0.717, 1.165) is 30.6 Å². The highest BCUT2D eigenvalue weighted by molar-refractivity contribution is 5.36. The highest BCUT2D eigenvalue weighted by Gasteiger charge is 2.45. The smallest absolute Gasteiger partial charge is 0.115 e. The summed E-state index contributed by atoms with van der Waals surface area (Å²) in [4.78, 5) is 8.09. The predicted molar refractivity (Wildman–Crippen MR) is 75.6 cm³/mol. The lowest BCUT2D eigenvalue weighted by Crippen LogP contribution is -2.50. The van der Waals surface area contributed by atoms with Crippen LogP contribution in [0, 0.1) is 11.3 Å². The summed E-state index contributed by atoms with van der Waals surface area (Å²) in [5.74, 6) is 0. The van der Waals surface area contributed by atoms with E-state index in [1.54, 1.807) is 12.5 Å². The molecule has 1 N–H and O–H groups in total. The maximum Gasteiger partial charge on any atom is 0.115 e. The van der Waals surface area contributed by atoms with Crippen molar-refractivity contribution in [3.05, 3.63) is 60.2 Å². The number of hydrogen-bond acceptors (Lipinski definition) is 4. The summed E-state index contributed by atoms with van der Waals surface area (Å²) in [6, 6.07) is 14.8. The molecule has 3 rings (SSSR count). The van der Waals surface area contributed by atoms with Gasteiger partial charge in [-0.15, -0.1) is 0 Å². The Labute approximate surface area is 118 Å². The second-order valence-corrected chi connectivity index (χ2v) is 5.25. The lowest BCUT2D eigenvalue weighted by Gasteiger charge is -2.43. The average molecular weight is 264 g/mol. The lowest BCUT2D eigenvalue weighted by atomic mass is 9.62. The Balaban J connectivity index is 1.59. The predicted octanol–water partition coefficient (Wildman–Crippen LogP) is 2.19. The Morgan fingerprint density at radius 1 is 1.25 bits per heavy atom. The van der Waals surface area contributed by atoms with E-state index in [4.69, 9.17) is 0 Å². The van der Waals surface area contributed by atoms with Gasteiger partial charge in [0.05, 0.1) is 17.2 Å². The highest BCUT2D eigenvalue weighted by atomic mass is 15.0. The lowest BCUT2D eigenvalue weighted by molar-refractivity contribution is 0.225. The Kier molecular flexibility index (Phi) is 3.44. The summed E-state index contributed by atoms with van der Waals surface area (Å²) < 4.78 is 0. The van der Waals surface area contributed by atoms with Crippen molar-refractivity contribution in [3.63, 3.8) is 0 Å². The minimum absolute atomic E-state index is 0.315. The largest absolute Gasteiger partial charge is 0.308 e. The van der Waals surface area contributed by atoms with E-state index in [2.05, 4.69) is 21.4 Å². The fraction of sp³-hybridized carbons (Fsp3) is 0.312. The van der Waals surface area contributed by atoms with E-state index < -0.39 is 0 Å². The Morgan fingerprint density at radius 3 is 2.70 bits per heavy atom. The molecule has 4 nitrogen and oxygen atoms in total. The van der Waals surface area contributed by atoms with Crippen LogP contribution in [-0.4, -0.2) is 16.0 Å². The van der Waals surface area contributed by atoms with Crippen molar-refractivity contribution < 1.29 is 0 Å². The molecule has 0 aliphatic heterocycles. The summed E-state index contributed by atoms with van der Waals surface area (Å²) in [6.07, 6.45) is 5.02. The monoisotopic (exact) mass is 264 g/mol. The van der Waals surface area contributed by atoms with Crippen LogP contribution in [-0.2, 0) is 12.0 Å². The molecular formula is C16H16N4. The molecule has 0 spiro atoms. The number of rotatable bonds is 4. The molecule has 1 aromatic carbocycles. The van der Waals surface area contributed by atoms with Crippen molar-refractivity contribution in [1.82, 2.24) is 15.3 Å². The van der Waals surface area contributed by atoms with Crippen molar-refractivity contribution in [2.24, 2.45) is 0 Å². The Hall–Kier alpha value is -2.25. The minimum Gasteiger partial charge on any atom is -0.308 e. The quantitative estimate of drug-likeness (QED) is 0.919. The van der Waals surface area contributed by atoms with Crippen LogP contribution in [0.1, 0.15) is 24.1 Å². The first-order chi connectivity index (χ1) is 9.82. The van der Waals surface area contributed by atoms with Crippen LogP contribution >= 0.6 is 0 Å². The molecule has 100 valence electrons. The molecule has 0 amide bonds. The van der Waals surface area contributed by atoms with Gasteiger partial charge in [0, 0.05) is 18.8 Å². The van der Waals surface area contributed by atoms with Crippen LogP contribution in [0.5, 0.6) is 0 Å². The summed E-state index contributed by atoms with van der Waals surface area (Å²) >= 11 is 0. The molecule has 1 heterocycles. The van der Waals surface area contributed by atoms with Crippen molar-refractivity contribution >= 4 is 0 Å². The number of nitrogens with zero attached hydrogens (tertiary/aromatic N) is 3. The van der Waals surface area contributed by atoms with E-state index in [9.17, 15) is 5.26 Å². The molecule has 0 saturated heterocycles. The van der Waals surface area contributed by atoms with Crippen molar-refractivity contribution in [2.45, 2.75) is 30.8 Å². The van der Waals surface area contributed by atoms with E-state index in [0.29, 0.717) is 6.04 Å². The third-order valence-corrected chi connectivity index (χ3v) is 3.95. The number of hydrogen-bond donors (Lipinski definition) is 1. The van der Waals surface area contributed by atoms with Gasteiger partial charge in [0.2, 0.25) is 0 Å². The highest BCUT2D eigenvalue weighted by Crippen LogP contribution is 2.43. The standard InChI is InChI=1S/C16H16N4/c17-11-16(13-4-2-1-3-5-13)8-15(9-16)19-10-14-6-7-18-12-20-14/h1-7,12,15,19H,8-10H2. The molecule has 1 aliphatic carbocycles. The molecule has 0 bridgehead atoms. The second kappa shape index (κ2) is 5.40. The van der Waals surface area contributed by atoms with Crippen molar-refractivity contribution in [1.29, 1.82) is 5.26 Å². The number of nitrogens with one attached hydrogen (secondary N) is 1. The summed E-state index contributed by atoms with van der Waals surface area (Å²) in [6.45, 7) is 0.726. The maximum absolute atomic E-state index is 9.49. The van der Waals surface area contributed by atoms with Gasteiger partial charge in [-0.3, -0.25) is 0 Å². The zero-order valence-electron chi connectivity index (χ0n) is 11.2. The molecule has 20 heavy (non-hydrogen) atoms. The van der Waals surface area contributed by atoms with Crippen LogP contribution in [0.15, 0.2) is 48.9 Å². The molecule has 1 fully saturated rings. The van der Waals surface area contributed by atoms with Gasteiger partial charge in [0.1, 0.15) is 6.33 Å². The Bertz CT molecular complexity index is 597. The zero-order chi connectivity index (χ0) is 13.8. The molecule has 1 aromatic heterocycles. The molecule has 0 unspecified atom stereocenters. The third-order valence-electron chi connectivity index (χ3n) is 3.95. The van der Waals surface area contributed by atoms with Gasteiger partial charge >= 0.3 is 0 Å². The first kappa shape index (κ1) is 12.8. The topological polar surface area (TPSA) is 61.6 Å². The third kappa shape index (κ3) is 2.40. The first-order valence-electron chi connectivity index (χ1n) is 6.77. The van der Waals surface area contributed by atoms with Crippen LogP contribution in [0.4, 0.5) is 0 Å². The van der Waals surface area contributed by atoms with Crippen LogP contribution < -0.4 is 5.32 Å². The van der Waals surface area contributed by atoms with Crippen LogP contribution in [0.2, 0.25) is 0 Å². The molecule has 0 atom stereocenters. The second-order valence-electron chi connectivity index (χ2n) is 5.25. The molecule has 0 radical (unpaired) electrons. The number of aromatic nitrogens is 2. The molecule has 1 saturated carbocycles. The average Bonchev–Trinajstić information content (AvgIpc) is 2.48. The molecule has 2 aromatic rings. The molecule has 4 heteroatoms. The maximum atomic E-state index is 9.49. The van der Waals surface area contributed by atoms with Gasteiger partial charge < -0.3 is 5.32 Å². The van der Waals surface area contributed by atoms with Gasteiger partial charge in [-0.05, 0) is 24.5 Å². The van der Waals surface area contributed by atoms with Gasteiger partial charge in [-0.1, -0.05) is 30.3 Å². The summed E-state index contributed by atoms with van der Waals surface area (Å²) in [5.41, 5.74) is 1.79. The number of nitriles is 1. The van der Waals surface area contributed by atoms with Gasteiger partial charge in [-0.25, -0.2) is 9.97 Å². The van der Waals surface area contributed by atoms with Gasteiger partial charge in [-0.2, -0.15) is 5.26 Å². The normalized spacial score (nSPS) is 24.6.